The Morgan fingerprint density at radius 2 is 1.96 bits per heavy atom. The number of furan rings is 1. The van der Waals surface area contributed by atoms with Gasteiger partial charge in [-0.05, 0) is 62.3 Å². The van der Waals surface area contributed by atoms with Gasteiger partial charge in [-0.3, -0.25) is 4.79 Å². The smallest absolute Gasteiger partial charge is 0.270 e. The van der Waals surface area contributed by atoms with Crippen molar-refractivity contribution in [3.8, 4) is 17.1 Å². The second kappa shape index (κ2) is 7.98. The molecule has 1 saturated heterocycles. The van der Waals surface area contributed by atoms with Gasteiger partial charge >= 0.3 is 0 Å². The van der Waals surface area contributed by atoms with Gasteiger partial charge in [0.1, 0.15) is 11.4 Å². The fourth-order valence-corrected chi connectivity index (χ4v) is 3.42. The Morgan fingerprint density at radius 3 is 2.67 bits per heavy atom. The third-order valence-corrected chi connectivity index (χ3v) is 4.95. The van der Waals surface area contributed by atoms with E-state index in [0.29, 0.717) is 28.7 Å². The zero-order chi connectivity index (χ0) is 18.6. The predicted octanol–water partition coefficient (Wildman–Crippen LogP) is 3.61. The minimum absolute atomic E-state index is 0.158. The zero-order valence-electron chi connectivity index (χ0n) is 14.9. The summed E-state index contributed by atoms with van der Waals surface area (Å²) in [5, 5.41) is 8.21. The van der Waals surface area contributed by atoms with Gasteiger partial charge in [-0.1, -0.05) is 11.6 Å². The average molecular weight is 385 g/mol. The molecule has 3 aromatic rings. The van der Waals surface area contributed by atoms with Crippen molar-refractivity contribution >= 4 is 17.5 Å². The molecule has 0 saturated carbocycles. The Morgan fingerprint density at radius 1 is 1.19 bits per heavy atom. The van der Waals surface area contributed by atoms with Crippen molar-refractivity contribution in [2.45, 2.75) is 12.8 Å². The van der Waals surface area contributed by atoms with Crippen molar-refractivity contribution in [3.05, 3.63) is 59.4 Å². The zero-order valence-corrected chi connectivity index (χ0v) is 15.7. The van der Waals surface area contributed by atoms with Crippen LogP contribution in [-0.2, 0) is 0 Å². The van der Waals surface area contributed by atoms with Gasteiger partial charge in [0, 0.05) is 24.2 Å². The van der Waals surface area contributed by atoms with Crippen LogP contribution in [0.1, 0.15) is 23.3 Å². The highest BCUT2D eigenvalue weighted by molar-refractivity contribution is 6.30. The number of benzene rings is 1. The van der Waals surface area contributed by atoms with Crippen molar-refractivity contribution in [2.75, 3.05) is 26.2 Å². The summed E-state index contributed by atoms with van der Waals surface area (Å²) in [6.45, 7) is 3.70. The molecule has 1 aliphatic rings. The average Bonchev–Trinajstić information content (AvgIpc) is 3.43. The lowest BCUT2D eigenvalue weighted by atomic mass is 10.2. The lowest BCUT2D eigenvalue weighted by molar-refractivity contribution is 0.0942. The van der Waals surface area contributed by atoms with Crippen LogP contribution in [0.2, 0.25) is 5.02 Å². The van der Waals surface area contributed by atoms with Crippen LogP contribution < -0.4 is 5.32 Å². The first-order chi connectivity index (χ1) is 13.2. The first kappa shape index (κ1) is 17.8. The highest BCUT2D eigenvalue weighted by atomic mass is 35.5. The molecule has 1 amide bonds. The first-order valence-corrected chi connectivity index (χ1v) is 9.49. The largest absolute Gasteiger partial charge is 0.463 e. The summed E-state index contributed by atoms with van der Waals surface area (Å²) in [5.41, 5.74) is 1.84. The summed E-state index contributed by atoms with van der Waals surface area (Å²) in [5.74, 6) is 0.461. The standard InChI is InChI=1S/C20H21ClN4O2/c21-15-5-7-16(8-6-15)25-18(14-17(23-25)19-4-3-13-27-19)20(26)22-9-12-24-10-1-2-11-24/h3-8,13-14H,1-2,9-12H2,(H,22,26). The third kappa shape index (κ3) is 4.07. The number of aromatic nitrogens is 2. The molecule has 0 spiro atoms. The van der Waals surface area contributed by atoms with Crippen molar-refractivity contribution in [3.63, 3.8) is 0 Å². The molecule has 1 N–H and O–H groups in total. The number of nitrogens with one attached hydrogen (secondary N) is 1. The molecule has 27 heavy (non-hydrogen) atoms. The van der Waals surface area contributed by atoms with Crippen LogP contribution in [0, 0.1) is 0 Å². The van der Waals surface area contributed by atoms with E-state index in [4.69, 9.17) is 16.0 Å². The summed E-state index contributed by atoms with van der Waals surface area (Å²) in [7, 11) is 0. The van der Waals surface area contributed by atoms with Crippen LogP contribution in [0.15, 0.2) is 53.1 Å². The minimum atomic E-state index is -0.158. The second-order valence-electron chi connectivity index (χ2n) is 6.58. The lowest BCUT2D eigenvalue weighted by Crippen LogP contribution is -2.34. The summed E-state index contributed by atoms with van der Waals surface area (Å²) in [6, 6.07) is 12.6. The number of hydrogen-bond donors (Lipinski definition) is 1. The molecule has 0 unspecified atom stereocenters. The van der Waals surface area contributed by atoms with Crippen molar-refractivity contribution in [2.24, 2.45) is 0 Å². The second-order valence-corrected chi connectivity index (χ2v) is 7.02. The van der Waals surface area contributed by atoms with Crippen LogP contribution in [-0.4, -0.2) is 46.8 Å². The van der Waals surface area contributed by atoms with E-state index < -0.39 is 0 Å². The van der Waals surface area contributed by atoms with Crippen LogP contribution in [0.4, 0.5) is 0 Å². The molecular weight excluding hydrogens is 364 g/mol. The monoisotopic (exact) mass is 384 g/mol. The van der Waals surface area contributed by atoms with Crippen molar-refractivity contribution < 1.29 is 9.21 Å². The van der Waals surface area contributed by atoms with Gasteiger partial charge < -0.3 is 14.6 Å². The number of nitrogens with zero attached hydrogens (tertiary/aromatic N) is 3. The fraction of sp³-hybridized carbons (Fsp3) is 0.300. The molecule has 6 nitrogen and oxygen atoms in total. The van der Waals surface area contributed by atoms with Gasteiger partial charge in [0.2, 0.25) is 0 Å². The van der Waals surface area contributed by atoms with E-state index in [9.17, 15) is 4.79 Å². The Hall–Kier alpha value is -2.57. The molecule has 7 heteroatoms. The summed E-state index contributed by atoms with van der Waals surface area (Å²) >= 11 is 5.99. The molecule has 3 heterocycles. The van der Waals surface area contributed by atoms with Gasteiger partial charge in [-0.2, -0.15) is 5.10 Å². The third-order valence-electron chi connectivity index (χ3n) is 4.70. The summed E-state index contributed by atoms with van der Waals surface area (Å²) in [4.78, 5) is 15.2. The number of carbonyl (C=O) groups excluding carboxylic acids is 1. The van der Waals surface area contributed by atoms with Crippen LogP contribution >= 0.6 is 11.6 Å². The quantitative estimate of drug-likeness (QED) is 0.705. The highest BCUT2D eigenvalue weighted by Gasteiger charge is 2.19. The number of halogens is 1. The van der Waals surface area contributed by atoms with E-state index in [2.05, 4.69) is 15.3 Å². The van der Waals surface area contributed by atoms with Crippen molar-refractivity contribution in [1.29, 1.82) is 0 Å². The minimum Gasteiger partial charge on any atom is -0.463 e. The molecule has 1 aromatic carbocycles. The van der Waals surface area contributed by atoms with Gasteiger partial charge in [-0.25, -0.2) is 4.68 Å². The van der Waals surface area contributed by atoms with E-state index >= 15 is 0 Å². The molecule has 1 aliphatic heterocycles. The molecule has 0 radical (unpaired) electrons. The Bertz CT molecular complexity index is 897. The fourth-order valence-electron chi connectivity index (χ4n) is 3.29. The maximum absolute atomic E-state index is 12.8. The summed E-state index contributed by atoms with van der Waals surface area (Å²) in [6.07, 6.45) is 4.07. The number of amides is 1. The van der Waals surface area contributed by atoms with Gasteiger partial charge in [0.25, 0.3) is 5.91 Å². The number of rotatable bonds is 6. The van der Waals surface area contributed by atoms with E-state index in [1.54, 1.807) is 35.2 Å². The maximum Gasteiger partial charge on any atom is 0.270 e. The highest BCUT2D eigenvalue weighted by Crippen LogP contribution is 2.23. The molecule has 0 bridgehead atoms. The molecule has 140 valence electrons. The predicted molar refractivity (Wildman–Crippen MR) is 104 cm³/mol. The van der Waals surface area contributed by atoms with Gasteiger partial charge in [0.05, 0.1) is 12.0 Å². The van der Waals surface area contributed by atoms with E-state index in [0.717, 1.165) is 25.3 Å². The Balaban J connectivity index is 1.57. The topological polar surface area (TPSA) is 63.3 Å². The molecule has 1 fully saturated rings. The maximum atomic E-state index is 12.8. The summed E-state index contributed by atoms with van der Waals surface area (Å²) < 4.78 is 7.06. The first-order valence-electron chi connectivity index (χ1n) is 9.11. The molecule has 0 aliphatic carbocycles. The SMILES string of the molecule is O=C(NCCN1CCCC1)c1cc(-c2ccco2)nn1-c1ccc(Cl)cc1. The van der Waals surface area contributed by atoms with Crippen LogP contribution in [0.25, 0.3) is 17.1 Å². The number of hydrogen-bond acceptors (Lipinski definition) is 4. The Labute approximate surface area is 162 Å². The lowest BCUT2D eigenvalue weighted by Gasteiger charge is -2.15. The molecule has 4 rings (SSSR count). The van der Waals surface area contributed by atoms with Crippen LogP contribution in [0.5, 0.6) is 0 Å². The molecular formula is C20H21ClN4O2. The normalized spacial score (nSPS) is 14.6. The Kier molecular flexibility index (Phi) is 5.27. The van der Waals surface area contributed by atoms with Crippen LogP contribution in [0.3, 0.4) is 0 Å². The van der Waals surface area contributed by atoms with Gasteiger partial charge in [0.15, 0.2) is 5.76 Å². The number of likely N-dealkylation sites (tertiary alicyclic amines) is 1. The van der Waals surface area contributed by atoms with Crippen molar-refractivity contribution in [1.82, 2.24) is 20.0 Å². The molecule has 2 aromatic heterocycles. The van der Waals surface area contributed by atoms with E-state index in [1.165, 1.54) is 12.8 Å². The molecule has 0 atom stereocenters. The number of carbonyl (C=O) groups is 1. The van der Waals surface area contributed by atoms with Gasteiger partial charge in [-0.15, -0.1) is 0 Å². The van der Waals surface area contributed by atoms with E-state index in [-0.39, 0.29) is 5.91 Å². The van der Waals surface area contributed by atoms with E-state index in [1.807, 2.05) is 18.2 Å².